The molecule has 0 radical (unpaired) electrons. The Labute approximate surface area is 215 Å². The van der Waals surface area contributed by atoms with E-state index in [1.165, 1.54) is 52.6 Å². The van der Waals surface area contributed by atoms with Gasteiger partial charge in [0.2, 0.25) is 10.0 Å². The minimum atomic E-state index is -4.82. The van der Waals surface area contributed by atoms with Crippen LogP contribution in [0.3, 0.4) is 0 Å². The molecule has 14 heteroatoms. The second kappa shape index (κ2) is 10.2. The van der Waals surface area contributed by atoms with E-state index in [-0.39, 0.29) is 28.0 Å². The van der Waals surface area contributed by atoms with Crippen molar-refractivity contribution in [1.82, 2.24) is 14.1 Å². The van der Waals surface area contributed by atoms with Crippen LogP contribution in [-0.4, -0.2) is 47.0 Å². The zero-order chi connectivity index (χ0) is 27.0. The number of halogens is 4. The molecule has 4 rings (SSSR count). The molecule has 1 N–H and O–H groups in total. The largest absolute Gasteiger partial charge is 0.573 e. The molecule has 198 valence electrons. The first-order valence-corrected chi connectivity index (χ1v) is 12.7. The quantitative estimate of drug-likeness (QED) is 0.413. The predicted octanol–water partition coefficient (Wildman–Crippen LogP) is 5.01. The van der Waals surface area contributed by atoms with Crippen LogP contribution in [0.1, 0.15) is 30.1 Å². The molecule has 9 nitrogen and oxygen atoms in total. The minimum absolute atomic E-state index is 0.0243. The number of hydrogen-bond donors (Lipinski definition) is 1. The summed E-state index contributed by atoms with van der Waals surface area (Å²) in [5.41, 5.74) is 1.34. The number of rotatable bonds is 8. The average molecular weight is 560 g/mol. The van der Waals surface area contributed by atoms with Gasteiger partial charge in [-0.1, -0.05) is 11.6 Å². The molecular formula is C23H21ClF3N3O6S. The first-order chi connectivity index (χ1) is 17.3. The summed E-state index contributed by atoms with van der Waals surface area (Å²) in [7, 11) is -2.58. The number of fused-ring (bicyclic) bond motifs is 1. The summed E-state index contributed by atoms with van der Waals surface area (Å²) in [6.45, 7) is -0.312. The molecule has 0 saturated carbocycles. The molecule has 1 aliphatic rings. The first kappa shape index (κ1) is 26.8. The van der Waals surface area contributed by atoms with Gasteiger partial charge >= 0.3 is 12.3 Å². The Morgan fingerprint density at radius 1 is 1.22 bits per heavy atom. The van der Waals surface area contributed by atoms with Gasteiger partial charge in [-0.3, -0.25) is 9.48 Å². The van der Waals surface area contributed by atoms with Gasteiger partial charge in [0.1, 0.15) is 23.8 Å². The molecule has 0 spiro atoms. The van der Waals surface area contributed by atoms with Gasteiger partial charge in [-0.25, -0.2) is 8.42 Å². The second-order valence-electron chi connectivity index (χ2n) is 8.24. The Morgan fingerprint density at radius 3 is 2.51 bits per heavy atom. The maximum absolute atomic E-state index is 13.4. The van der Waals surface area contributed by atoms with E-state index in [4.69, 9.17) is 21.4 Å². The van der Waals surface area contributed by atoms with Crippen LogP contribution >= 0.6 is 11.6 Å². The highest BCUT2D eigenvalue weighted by Gasteiger charge is 2.35. The summed E-state index contributed by atoms with van der Waals surface area (Å²) in [6, 6.07) is 7.99. The maximum atomic E-state index is 13.4. The van der Waals surface area contributed by atoms with Gasteiger partial charge in [0.15, 0.2) is 0 Å². The van der Waals surface area contributed by atoms with Crippen molar-refractivity contribution >= 4 is 27.6 Å². The molecule has 1 atom stereocenters. The van der Waals surface area contributed by atoms with E-state index in [1.54, 1.807) is 0 Å². The van der Waals surface area contributed by atoms with Crippen LogP contribution in [-0.2, 0) is 27.8 Å². The molecule has 0 bridgehead atoms. The molecule has 3 aromatic rings. The number of aromatic nitrogens is 2. The Morgan fingerprint density at radius 2 is 1.89 bits per heavy atom. The zero-order valence-electron chi connectivity index (χ0n) is 19.3. The number of carboxylic acids is 1. The lowest BCUT2D eigenvalue weighted by Crippen LogP contribution is -2.33. The third-order valence-electron chi connectivity index (χ3n) is 5.82. The van der Waals surface area contributed by atoms with E-state index in [1.807, 2.05) is 0 Å². The van der Waals surface area contributed by atoms with Crippen molar-refractivity contribution in [2.75, 3.05) is 7.05 Å². The number of alkyl halides is 3. The highest BCUT2D eigenvalue weighted by atomic mass is 35.5. The van der Waals surface area contributed by atoms with Crippen molar-refractivity contribution in [2.45, 2.75) is 43.1 Å². The van der Waals surface area contributed by atoms with Gasteiger partial charge in [-0.15, -0.1) is 13.2 Å². The Hall–Kier alpha value is -3.29. The number of ether oxygens (including phenoxy) is 2. The monoisotopic (exact) mass is 559 g/mol. The van der Waals surface area contributed by atoms with Crippen molar-refractivity contribution in [3.63, 3.8) is 0 Å². The van der Waals surface area contributed by atoms with Crippen molar-refractivity contribution in [3.8, 4) is 17.2 Å². The van der Waals surface area contributed by atoms with Gasteiger partial charge in [-0.2, -0.15) is 9.40 Å². The molecule has 0 fully saturated rings. The van der Waals surface area contributed by atoms with Crippen LogP contribution in [0, 0.1) is 0 Å². The molecular weight excluding hydrogens is 539 g/mol. The lowest BCUT2D eigenvalue weighted by Gasteiger charge is -2.31. The normalized spacial score (nSPS) is 15.9. The van der Waals surface area contributed by atoms with Crippen LogP contribution in [0.5, 0.6) is 17.2 Å². The van der Waals surface area contributed by atoms with Gasteiger partial charge in [-0.05, 0) is 61.7 Å². The minimum Gasteiger partial charge on any atom is -0.480 e. The molecule has 2 aromatic carbocycles. The smallest absolute Gasteiger partial charge is 0.480 e. The number of carbonyl (C=O) groups is 1. The fourth-order valence-electron chi connectivity index (χ4n) is 4.13. The molecule has 0 saturated heterocycles. The highest BCUT2D eigenvalue weighted by molar-refractivity contribution is 7.89. The first-order valence-electron chi connectivity index (χ1n) is 10.9. The number of benzene rings is 2. The van der Waals surface area contributed by atoms with Gasteiger partial charge in [0.25, 0.3) is 0 Å². The average Bonchev–Trinajstić information content (AvgIpc) is 3.22. The predicted molar refractivity (Wildman–Crippen MR) is 125 cm³/mol. The van der Waals surface area contributed by atoms with E-state index in [0.29, 0.717) is 30.5 Å². The number of aliphatic carboxylic acids is 1. The van der Waals surface area contributed by atoms with Crippen LogP contribution in [0.2, 0.25) is 5.02 Å². The van der Waals surface area contributed by atoms with Gasteiger partial charge in [0, 0.05) is 18.3 Å². The van der Waals surface area contributed by atoms with E-state index in [0.717, 1.165) is 12.1 Å². The third kappa shape index (κ3) is 6.00. The fraction of sp³-hybridized carbons (Fsp3) is 0.304. The summed E-state index contributed by atoms with van der Waals surface area (Å²) in [6.07, 6.45) is -1.54. The van der Waals surface area contributed by atoms with Gasteiger partial charge in [0.05, 0.1) is 22.2 Å². The summed E-state index contributed by atoms with van der Waals surface area (Å²) in [5.74, 6) is -1.20. The molecule has 1 unspecified atom stereocenters. The van der Waals surface area contributed by atoms with E-state index in [9.17, 15) is 26.4 Å². The maximum Gasteiger partial charge on any atom is 0.573 e. The summed E-state index contributed by atoms with van der Waals surface area (Å²) in [5, 5.41) is 13.2. The fourth-order valence-corrected chi connectivity index (χ4v) is 5.81. The summed E-state index contributed by atoms with van der Waals surface area (Å²) < 4.78 is 75.7. The van der Waals surface area contributed by atoms with Crippen LogP contribution < -0.4 is 9.47 Å². The lowest BCUT2D eigenvalue weighted by molar-refractivity contribution is -0.274. The molecule has 37 heavy (non-hydrogen) atoms. The molecule has 0 aliphatic heterocycles. The van der Waals surface area contributed by atoms with E-state index in [2.05, 4.69) is 9.84 Å². The number of nitrogens with zero attached hydrogens (tertiary/aromatic N) is 3. The second-order valence-corrected chi connectivity index (χ2v) is 10.6. The third-order valence-corrected chi connectivity index (χ3v) is 7.98. The van der Waals surface area contributed by atoms with Crippen LogP contribution in [0.15, 0.2) is 53.6 Å². The van der Waals surface area contributed by atoms with Crippen molar-refractivity contribution < 1.29 is 41.0 Å². The van der Waals surface area contributed by atoms with Crippen molar-refractivity contribution in [2.24, 2.45) is 0 Å². The molecule has 1 aliphatic carbocycles. The van der Waals surface area contributed by atoms with Crippen LogP contribution in [0.25, 0.3) is 0 Å². The Kier molecular flexibility index (Phi) is 7.40. The molecule has 1 aromatic heterocycles. The Balaban J connectivity index is 1.52. The van der Waals surface area contributed by atoms with Crippen LogP contribution in [0.4, 0.5) is 13.2 Å². The zero-order valence-corrected chi connectivity index (χ0v) is 20.8. The van der Waals surface area contributed by atoms with E-state index < -0.39 is 34.1 Å². The standard InChI is InChI=1S/C23H21ClF3N3O6S/c1-29(19-3-2-4-20-17(19)12-28-30(20)13-22(31)32)37(33,34)16-9-10-21(18(24)11-16)35-14-5-7-15(8-6-14)36-23(25,26)27/h5-12,19H,2-4,13H2,1H3,(H,31,32). The van der Waals surface area contributed by atoms with Crippen molar-refractivity contribution in [3.05, 3.63) is 64.9 Å². The SMILES string of the molecule is CN(C1CCCc2c1cnn2CC(=O)O)S(=O)(=O)c1ccc(Oc2ccc(OC(F)(F)F)cc2)c(Cl)c1. The summed E-state index contributed by atoms with van der Waals surface area (Å²) >= 11 is 6.28. The number of carboxylic acid groups (broad SMARTS) is 1. The number of hydrogen-bond acceptors (Lipinski definition) is 6. The highest BCUT2D eigenvalue weighted by Crippen LogP contribution is 2.38. The van der Waals surface area contributed by atoms with Crippen molar-refractivity contribution in [1.29, 1.82) is 0 Å². The number of sulfonamides is 1. The van der Waals surface area contributed by atoms with Gasteiger partial charge < -0.3 is 14.6 Å². The summed E-state index contributed by atoms with van der Waals surface area (Å²) in [4.78, 5) is 11.0. The topological polar surface area (TPSA) is 111 Å². The lowest BCUT2D eigenvalue weighted by atomic mass is 9.93. The Bertz CT molecular complexity index is 1410. The molecule has 0 amide bonds. The molecule has 1 heterocycles. The van der Waals surface area contributed by atoms with E-state index >= 15 is 0 Å².